The molecule has 2 rings (SSSR count). The fourth-order valence-electron chi connectivity index (χ4n) is 1.97. The van der Waals surface area contributed by atoms with E-state index in [1.54, 1.807) is 37.3 Å². The van der Waals surface area contributed by atoms with E-state index in [4.69, 9.17) is 4.42 Å². The molecule has 1 heterocycles. The molecule has 0 saturated carbocycles. The lowest BCUT2D eigenvalue weighted by molar-refractivity contribution is 0.453. The highest BCUT2D eigenvalue weighted by atomic mass is 32.2. The van der Waals surface area contributed by atoms with Crippen molar-refractivity contribution in [1.82, 2.24) is 0 Å². The van der Waals surface area contributed by atoms with E-state index in [0.717, 1.165) is 5.56 Å². The number of benzene rings is 1. The van der Waals surface area contributed by atoms with Crippen LogP contribution in [0.1, 0.15) is 36.8 Å². The van der Waals surface area contributed by atoms with Gasteiger partial charge in [0.1, 0.15) is 16.4 Å². The van der Waals surface area contributed by atoms with Gasteiger partial charge in [0.25, 0.3) is 0 Å². The second kappa shape index (κ2) is 4.85. The molecule has 0 spiro atoms. The minimum Gasteiger partial charge on any atom is -0.465 e. The molecule has 0 N–H and O–H groups in total. The lowest BCUT2D eigenvalue weighted by Gasteiger charge is -2.07. The van der Waals surface area contributed by atoms with Crippen LogP contribution < -0.4 is 0 Å². The molecule has 0 saturated heterocycles. The average Bonchev–Trinajstić information content (AvgIpc) is 2.73. The summed E-state index contributed by atoms with van der Waals surface area (Å²) in [4.78, 5) is 0.588. The second-order valence-electron chi connectivity index (χ2n) is 5.06. The summed E-state index contributed by atoms with van der Waals surface area (Å²) in [6, 6.07) is 8.47. The van der Waals surface area contributed by atoms with Gasteiger partial charge in [0.15, 0.2) is 0 Å². The number of hydrogen-bond acceptors (Lipinski definition) is 3. The fourth-order valence-corrected chi connectivity index (χ4v) is 3.58. The zero-order chi connectivity index (χ0) is 14.2. The minimum atomic E-state index is -3.50. The maximum Gasteiger partial charge on any atom is 0.210 e. The van der Waals surface area contributed by atoms with Gasteiger partial charge in [-0.25, -0.2) is 8.42 Å². The van der Waals surface area contributed by atoms with Crippen molar-refractivity contribution >= 4 is 9.84 Å². The second-order valence-corrected chi connectivity index (χ2v) is 6.97. The van der Waals surface area contributed by atoms with Gasteiger partial charge in [-0.2, -0.15) is 0 Å². The van der Waals surface area contributed by atoms with Crippen molar-refractivity contribution in [3.05, 3.63) is 47.4 Å². The summed E-state index contributed by atoms with van der Waals surface area (Å²) < 4.78 is 30.8. The van der Waals surface area contributed by atoms with Crippen molar-refractivity contribution in [2.75, 3.05) is 0 Å². The first-order valence-corrected chi connectivity index (χ1v) is 7.73. The maximum atomic E-state index is 12.6. The SMILES string of the molecule is Cc1ccc(S(=O)(=O)c2cc(C)oc2C(C)C)cc1. The number of rotatable bonds is 3. The summed E-state index contributed by atoms with van der Waals surface area (Å²) in [6.45, 7) is 7.54. The molecular weight excluding hydrogens is 260 g/mol. The van der Waals surface area contributed by atoms with Crippen LogP contribution in [0.2, 0.25) is 0 Å². The van der Waals surface area contributed by atoms with Crippen molar-refractivity contribution in [1.29, 1.82) is 0 Å². The highest BCUT2D eigenvalue weighted by Crippen LogP contribution is 2.31. The van der Waals surface area contributed by atoms with E-state index in [9.17, 15) is 8.42 Å². The molecule has 0 aliphatic carbocycles. The molecule has 102 valence electrons. The highest BCUT2D eigenvalue weighted by Gasteiger charge is 2.26. The van der Waals surface area contributed by atoms with Gasteiger partial charge in [-0.15, -0.1) is 0 Å². The molecule has 2 aromatic rings. The minimum absolute atomic E-state index is 0.0314. The van der Waals surface area contributed by atoms with Gasteiger partial charge < -0.3 is 4.42 Å². The Bertz CT molecular complexity index is 677. The molecule has 1 aromatic heterocycles. The van der Waals surface area contributed by atoms with Crippen LogP contribution in [-0.2, 0) is 9.84 Å². The zero-order valence-electron chi connectivity index (χ0n) is 11.6. The molecule has 0 bridgehead atoms. The lowest BCUT2D eigenvalue weighted by atomic mass is 10.2. The topological polar surface area (TPSA) is 47.3 Å². The third-order valence-electron chi connectivity index (χ3n) is 2.99. The molecule has 0 unspecified atom stereocenters. The van der Waals surface area contributed by atoms with Crippen LogP contribution in [0.3, 0.4) is 0 Å². The van der Waals surface area contributed by atoms with E-state index in [1.807, 2.05) is 20.8 Å². The van der Waals surface area contributed by atoms with Crippen LogP contribution in [0.5, 0.6) is 0 Å². The molecule has 1 aromatic carbocycles. The predicted octanol–water partition coefficient (Wildman–Crippen LogP) is 3.85. The van der Waals surface area contributed by atoms with Crippen LogP contribution in [0.4, 0.5) is 0 Å². The summed E-state index contributed by atoms with van der Waals surface area (Å²) in [5, 5.41) is 0. The quantitative estimate of drug-likeness (QED) is 0.856. The normalized spacial score (nSPS) is 12.1. The van der Waals surface area contributed by atoms with E-state index in [0.29, 0.717) is 16.4 Å². The monoisotopic (exact) mass is 278 g/mol. The molecule has 3 nitrogen and oxygen atoms in total. The summed E-state index contributed by atoms with van der Waals surface area (Å²) in [7, 11) is -3.50. The number of aryl methyl sites for hydroxylation is 2. The van der Waals surface area contributed by atoms with Gasteiger partial charge in [0.05, 0.1) is 4.90 Å². The van der Waals surface area contributed by atoms with Gasteiger partial charge in [0.2, 0.25) is 9.84 Å². The Morgan fingerprint density at radius 3 is 2.16 bits per heavy atom. The summed E-state index contributed by atoms with van der Waals surface area (Å²) >= 11 is 0. The Labute approximate surface area is 114 Å². The first-order valence-electron chi connectivity index (χ1n) is 6.24. The van der Waals surface area contributed by atoms with Crippen LogP contribution in [0.15, 0.2) is 44.5 Å². The first kappa shape index (κ1) is 13.9. The predicted molar refractivity (Wildman–Crippen MR) is 74.2 cm³/mol. The Balaban J connectivity index is 2.60. The molecule has 0 aliphatic heterocycles. The molecule has 0 atom stereocenters. The number of sulfone groups is 1. The third-order valence-corrected chi connectivity index (χ3v) is 4.78. The Morgan fingerprint density at radius 2 is 1.63 bits per heavy atom. The first-order chi connectivity index (χ1) is 8.82. The van der Waals surface area contributed by atoms with Crippen LogP contribution in [0, 0.1) is 13.8 Å². The molecule has 0 amide bonds. The van der Waals surface area contributed by atoms with Crippen LogP contribution in [-0.4, -0.2) is 8.42 Å². The molecule has 0 fully saturated rings. The Morgan fingerprint density at radius 1 is 1.05 bits per heavy atom. The molecule has 19 heavy (non-hydrogen) atoms. The summed E-state index contributed by atoms with van der Waals surface area (Å²) in [5.41, 5.74) is 1.03. The van der Waals surface area contributed by atoms with Crippen molar-refractivity contribution in [3.63, 3.8) is 0 Å². The fraction of sp³-hybridized carbons (Fsp3) is 0.333. The van der Waals surface area contributed by atoms with Crippen molar-refractivity contribution < 1.29 is 12.8 Å². The Kier molecular flexibility index (Phi) is 3.54. The zero-order valence-corrected chi connectivity index (χ0v) is 12.4. The lowest BCUT2D eigenvalue weighted by Crippen LogP contribution is -2.04. The molecule has 4 heteroatoms. The summed E-state index contributed by atoms with van der Waals surface area (Å²) in [6.07, 6.45) is 0. The van der Waals surface area contributed by atoms with Crippen LogP contribution in [0.25, 0.3) is 0 Å². The van der Waals surface area contributed by atoms with Gasteiger partial charge in [0, 0.05) is 5.92 Å². The average molecular weight is 278 g/mol. The van der Waals surface area contributed by atoms with Crippen molar-refractivity contribution in [3.8, 4) is 0 Å². The summed E-state index contributed by atoms with van der Waals surface area (Å²) in [5.74, 6) is 1.18. The third kappa shape index (κ3) is 2.59. The maximum absolute atomic E-state index is 12.6. The molecule has 0 radical (unpaired) electrons. The smallest absolute Gasteiger partial charge is 0.210 e. The van der Waals surface area contributed by atoms with E-state index < -0.39 is 9.84 Å². The van der Waals surface area contributed by atoms with Gasteiger partial charge >= 0.3 is 0 Å². The van der Waals surface area contributed by atoms with E-state index in [-0.39, 0.29) is 10.8 Å². The van der Waals surface area contributed by atoms with E-state index >= 15 is 0 Å². The van der Waals surface area contributed by atoms with Crippen LogP contribution >= 0.6 is 0 Å². The van der Waals surface area contributed by atoms with Gasteiger partial charge in [-0.05, 0) is 32.0 Å². The Hall–Kier alpha value is -1.55. The highest BCUT2D eigenvalue weighted by molar-refractivity contribution is 7.91. The molecular formula is C15H18O3S. The van der Waals surface area contributed by atoms with Crippen molar-refractivity contribution in [2.45, 2.75) is 43.4 Å². The standard InChI is InChI=1S/C15H18O3S/c1-10(2)15-14(9-12(4)18-15)19(16,17)13-7-5-11(3)6-8-13/h5-10H,1-4H3. The van der Waals surface area contributed by atoms with E-state index in [1.165, 1.54) is 0 Å². The van der Waals surface area contributed by atoms with Crippen molar-refractivity contribution in [2.24, 2.45) is 0 Å². The number of furan rings is 1. The largest absolute Gasteiger partial charge is 0.465 e. The van der Waals surface area contributed by atoms with Gasteiger partial charge in [-0.3, -0.25) is 0 Å². The van der Waals surface area contributed by atoms with Gasteiger partial charge in [-0.1, -0.05) is 31.5 Å². The molecule has 0 aliphatic rings. The van der Waals surface area contributed by atoms with E-state index in [2.05, 4.69) is 0 Å². The number of hydrogen-bond donors (Lipinski definition) is 0.